The van der Waals surface area contributed by atoms with Crippen LogP contribution in [0.4, 0.5) is 5.69 Å². The van der Waals surface area contributed by atoms with Crippen molar-refractivity contribution in [1.29, 1.82) is 0 Å². The molecule has 1 aromatic rings. The van der Waals surface area contributed by atoms with Crippen LogP contribution in [-0.4, -0.2) is 26.3 Å². The van der Waals surface area contributed by atoms with Crippen LogP contribution >= 0.6 is 0 Å². The molecule has 0 saturated carbocycles. The molecule has 1 heterocycles. The van der Waals surface area contributed by atoms with Gasteiger partial charge in [-0.3, -0.25) is 4.79 Å². The molecule has 1 N–H and O–H groups in total. The van der Waals surface area contributed by atoms with Crippen LogP contribution < -0.4 is 10.9 Å². The van der Waals surface area contributed by atoms with Gasteiger partial charge in [0.25, 0.3) is 5.56 Å². The molecule has 0 atom stereocenters. The summed E-state index contributed by atoms with van der Waals surface area (Å²) in [5.41, 5.74) is 1.42. The molecule has 0 saturated heterocycles. The lowest BCUT2D eigenvalue weighted by Gasteiger charge is -2.15. The molecular formula is C10H16N2O3S. The summed E-state index contributed by atoms with van der Waals surface area (Å²) in [6.45, 7) is 3.57. The predicted octanol–water partition coefficient (Wildman–Crippen LogP) is 0.447. The minimum absolute atomic E-state index is 0.166. The lowest BCUT2D eigenvalue weighted by molar-refractivity contribution is 0.598. The zero-order valence-corrected chi connectivity index (χ0v) is 10.9. The Morgan fingerprint density at radius 2 is 1.75 bits per heavy atom. The Hall–Kier alpha value is -1.30. The third kappa shape index (κ3) is 1.84. The van der Waals surface area contributed by atoms with Crippen LogP contribution in [0.5, 0.6) is 0 Å². The fourth-order valence-electron chi connectivity index (χ4n) is 1.66. The summed E-state index contributed by atoms with van der Waals surface area (Å²) in [4.78, 5) is 11.7. The molecule has 5 nitrogen and oxygen atoms in total. The first-order chi connectivity index (χ1) is 7.21. The van der Waals surface area contributed by atoms with Crippen molar-refractivity contribution in [2.24, 2.45) is 7.05 Å². The smallest absolute Gasteiger partial charge is 0.271 e. The molecule has 0 bridgehead atoms. The topological polar surface area (TPSA) is 68.2 Å². The number of rotatable bonds is 2. The monoisotopic (exact) mass is 244 g/mol. The number of nitrogens with zero attached hydrogens (tertiary/aromatic N) is 1. The van der Waals surface area contributed by atoms with E-state index in [1.165, 1.54) is 4.57 Å². The number of hydrogen-bond donors (Lipinski definition) is 1. The molecule has 0 spiro atoms. The molecule has 0 aromatic carbocycles. The van der Waals surface area contributed by atoms with E-state index in [0.29, 0.717) is 5.69 Å². The van der Waals surface area contributed by atoms with Gasteiger partial charge >= 0.3 is 0 Å². The summed E-state index contributed by atoms with van der Waals surface area (Å²) in [5, 5.41) is 2.79. The number of nitrogens with one attached hydrogen (secondary N) is 1. The zero-order valence-electron chi connectivity index (χ0n) is 10.1. The molecule has 16 heavy (non-hydrogen) atoms. The highest BCUT2D eigenvalue weighted by Crippen LogP contribution is 2.23. The molecular weight excluding hydrogens is 228 g/mol. The number of hydrogen-bond acceptors (Lipinski definition) is 4. The maximum absolute atomic E-state index is 11.9. The van der Waals surface area contributed by atoms with E-state index >= 15 is 0 Å². The van der Waals surface area contributed by atoms with Crippen molar-refractivity contribution in [3.8, 4) is 0 Å². The maximum atomic E-state index is 11.9. The van der Waals surface area contributed by atoms with Gasteiger partial charge in [-0.25, -0.2) is 8.42 Å². The van der Waals surface area contributed by atoms with Gasteiger partial charge in [0.1, 0.15) is 0 Å². The summed E-state index contributed by atoms with van der Waals surface area (Å²) in [6, 6.07) is 0. The second-order valence-corrected chi connectivity index (χ2v) is 5.75. The van der Waals surface area contributed by atoms with E-state index in [1.54, 1.807) is 27.9 Å². The molecule has 0 aliphatic heterocycles. The number of pyridine rings is 1. The van der Waals surface area contributed by atoms with Gasteiger partial charge in [-0.2, -0.15) is 0 Å². The standard InChI is InChI=1S/C10H16N2O3S/c1-6-7(2)12(4)10(13)9(8(6)11-3)16(5,14)15/h11H,1-5H3. The van der Waals surface area contributed by atoms with Crippen molar-refractivity contribution in [1.82, 2.24) is 4.57 Å². The predicted molar refractivity (Wildman–Crippen MR) is 63.8 cm³/mol. The van der Waals surface area contributed by atoms with E-state index in [1.807, 2.05) is 0 Å². The third-order valence-corrected chi connectivity index (χ3v) is 3.89. The highest BCUT2D eigenvalue weighted by Gasteiger charge is 2.22. The normalized spacial score (nSPS) is 11.6. The highest BCUT2D eigenvalue weighted by molar-refractivity contribution is 7.90. The summed E-state index contributed by atoms with van der Waals surface area (Å²) in [6.07, 6.45) is 1.04. The molecule has 0 aliphatic rings. The van der Waals surface area contributed by atoms with E-state index in [0.717, 1.165) is 17.5 Å². The van der Waals surface area contributed by atoms with Gasteiger partial charge in [-0.15, -0.1) is 0 Å². The van der Waals surface area contributed by atoms with Crippen molar-refractivity contribution in [2.45, 2.75) is 18.7 Å². The molecule has 0 radical (unpaired) electrons. The summed E-state index contributed by atoms with van der Waals surface area (Å²) in [7, 11) is -0.359. The highest BCUT2D eigenvalue weighted by atomic mass is 32.2. The van der Waals surface area contributed by atoms with Crippen LogP contribution in [0.15, 0.2) is 9.69 Å². The van der Waals surface area contributed by atoms with Gasteiger partial charge in [0.05, 0.1) is 5.69 Å². The molecule has 1 rings (SSSR count). The quantitative estimate of drug-likeness (QED) is 0.820. The van der Waals surface area contributed by atoms with Crippen LogP contribution in [-0.2, 0) is 16.9 Å². The average Bonchev–Trinajstić information content (AvgIpc) is 2.18. The van der Waals surface area contributed by atoms with E-state index in [4.69, 9.17) is 0 Å². The fraction of sp³-hybridized carbons (Fsp3) is 0.500. The Morgan fingerprint density at radius 1 is 1.25 bits per heavy atom. The summed E-state index contributed by atoms with van der Waals surface area (Å²) in [5.74, 6) is 0. The van der Waals surface area contributed by atoms with E-state index < -0.39 is 15.4 Å². The van der Waals surface area contributed by atoms with Crippen LogP contribution in [0, 0.1) is 13.8 Å². The van der Waals surface area contributed by atoms with Crippen molar-refractivity contribution in [2.75, 3.05) is 18.6 Å². The molecule has 1 aromatic heterocycles. The number of aromatic nitrogens is 1. The number of sulfone groups is 1. The van der Waals surface area contributed by atoms with Crippen LogP contribution in [0.3, 0.4) is 0 Å². The molecule has 0 amide bonds. The van der Waals surface area contributed by atoms with Crippen molar-refractivity contribution in [3.05, 3.63) is 21.6 Å². The van der Waals surface area contributed by atoms with Gasteiger partial charge in [0.15, 0.2) is 14.7 Å². The lowest BCUT2D eigenvalue weighted by Crippen LogP contribution is -2.27. The first-order valence-electron chi connectivity index (χ1n) is 4.79. The first-order valence-corrected chi connectivity index (χ1v) is 6.69. The lowest BCUT2D eigenvalue weighted by atomic mass is 10.2. The second kappa shape index (κ2) is 3.93. The van der Waals surface area contributed by atoms with Gasteiger partial charge in [0.2, 0.25) is 0 Å². The first kappa shape index (κ1) is 12.8. The molecule has 0 fully saturated rings. The van der Waals surface area contributed by atoms with Crippen LogP contribution in [0.25, 0.3) is 0 Å². The molecule has 90 valence electrons. The zero-order chi connectivity index (χ0) is 12.7. The SMILES string of the molecule is CNc1c(C)c(C)n(C)c(=O)c1S(C)(=O)=O. The van der Waals surface area contributed by atoms with Gasteiger partial charge in [-0.05, 0) is 19.4 Å². The van der Waals surface area contributed by atoms with Crippen LogP contribution in [0.2, 0.25) is 0 Å². The Labute approximate surface area is 95.0 Å². The van der Waals surface area contributed by atoms with E-state index in [-0.39, 0.29) is 4.90 Å². The maximum Gasteiger partial charge on any atom is 0.271 e. The molecule has 0 unspecified atom stereocenters. The Balaban J connectivity index is 3.95. The Bertz CT molecular complexity index is 585. The van der Waals surface area contributed by atoms with E-state index in [9.17, 15) is 13.2 Å². The second-order valence-electron chi connectivity index (χ2n) is 3.80. The van der Waals surface area contributed by atoms with Crippen molar-refractivity contribution >= 4 is 15.5 Å². The van der Waals surface area contributed by atoms with Gasteiger partial charge in [0, 0.05) is 26.0 Å². The third-order valence-electron chi connectivity index (χ3n) is 2.77. The van der Waals surface area contributed by atoms with Crippen molar-refractivity contribution < 1.29 is 8.42 Å². The Morgan fingerprint density at radius 3 is 2.12 bits per heavy atom. The fourth-order valence-corrected chi connectivity index (χ4v) is 2.74. The number of anilines is 1. The largest absolute Gasteiger partial charge is 0.387 e. The van der Waals surface area contributed by atoms with Crippen molar-refractivity contribution in [3.63, 3.8) is 0 Å². The molecule has 6 heteroatoms. The molecule has 0 aliphatic carbocycles. The summed E-state index contributed by atoms with van der Waals surface area (Å²) >= 11 is 0. The minimum Gasteiger partial charge on any atom is -0.387 e. The van der Waals surface area contributed by atoms with Crippen LogP contribution in [0.1, 0.15) is 11.3 Å². The summed E-state index contributed by atoms with van der Waals surface area (Å²) < 4.78 is 24.5. The van der Waals surface area contributed by atoms with E-state index in [2.05, 4.69) is 5.32 Å². The average molecular weight is 244 g/mol. The minimum atomic E-state index is -3.53. The van der Waals surface area contributed by atoms with Gasteiger partial charge < -0.3 is 9.88 Å². The Kier molecular flexibility index (Phi) is 3.14. The van der Waals surface area contributed by atoms with Gasteiger partial charge in [-0.1, -0.05) is 0 Å².